The smallest absolute Gasteiger partial charge is 0.157 e. The van der Waals surface area contributed by atoms with Crippen LogP contribution < -0.4 is 10.1 Å². The molecule has 1 saturated heterocycles. The molecule has 1 aliphatic rings. The summed E-state index contributed by atoms with van der Waals surface area (Å²) in [6.07, 6.45) is 0.388. The van der Waals surface area contributed by atoms with E-state index in [1.54, 1.807) is 7.11 Å². The Balaban J connectivity index is 2.14. The molecule has 1 aromatic rings. The Bertz CT molecular complexity index is 511. The van der Waals surface area contributed by atoms with Crippen LogP contribution in [0.3, 0.4) is 0 Å². The first kappa shape index (κ1) is 16.5. The van der Waals surface area contributed by atoms with Crippen molar-refractivity contribution in [2.45, 2.75) is 25.8 Å². The SMILES string of the molecule is COc1ccc(Br)cc1CC(=O)C(C)(C)N1CCNCC1. The summed E-state index contributed by atoms with van der Waals surface area (Å²) in [5.74, 6) is 0.989. The highest BCUT2D eigenvalue weighted by Crippen LogP contribution is 2.26. The molecule has 1 fully saturated rings. The van der Waals surface area contributed by atoms with Crippen LogP contribution in [0.4, 0.5) is 0 Å². The monoisotopic (exact) mass is 354 g/mol. The molecular formula is C16H23BrN2O2. The second-order valence-corrected chi connectivity index (χ2v) is 6.77. The van der Waals surface area contributed by atoms with E-state index in [0.29, 0.717) is 6.42 Å². The minimum atomic E-state index is -0.449. The normalized spacial score (nSPS) is 16.8. The maximum atomic E-state index is 12.8. The van der Waals surface area contributed by atoms with Crippen molar-refractivity contribution in [1.29, 1.82) is 0 Å². The first-order valence-electron chi connectivity index (χ1n) is 7.26. The van der Waals surface area contributed by atoms with Crippen molar-refractivity contribution in [2.75, 3.05) is 33.3 Å². The van der Waals surface area contributed by atoms with Gasteiger partial charge < -0.3 is 10.1 Å². The molecule has 0 bridgehead atoms. The van der Waals surface area contributed by atoms with E-state index >= 15 is 0 Å². The predicted molar refractivity (Wildman–Crippen MR) is 87.9 cm³/mol. The zero-order valence-corrected chi connectivity index (χ0v) is 14.5. The number of hydrogen-bond acceptors (Lipinski definition) is 4. The van der Waals surface area contributed by atoms with Gasteiger partial charge in [0.15, 0.2) is 5.78 Å². The number of carbonyl (C=O) groups excluding carboxylic acids is 1. The Morgan fingerprint density at radius 2 is 2.05 bits per heavy atom. The molecule has 116 valence electrons. The number of Topliss-reactive ketones (excluding diaryl/α,β-unsaturated/α-hetero) is 1. The van der Waals surface area contributed by atoms with Gasteiger partial charge in [-0.15, -0.1) is 0 Å². The topological polar surface area (TPSA) is 41.6 Å². The van der Waals surface area contributed by atoms with Crippen LogP contribution >= 0.6 is 15.9 Å². The molecule has 1 N–H and O–H groups in total. The molecule has 4 nitrogen and oxygen atoms in total. The van der Waals surface area contributed by atoms with Gasteiger partial charge in [0, 0.05) is 42.6 Å². The van der Waals surface area contributed by atoms with E-state index < -0.39 is 5.54 Å². The molecule has 1 aromatic carbocycles. The van der Waals surface area contributed by atoms with E-state index in [-0.39, 0.29) is 5.78 Å². The number of benzene rings is 1. The standard InChI is InChI=1S/C16H23BrN2O2/c1-16(2,19-8-6-18-7-9-19)15(20)11-12-10-13(17)4-5-14(12)21-3/h4-5,10,18H,6-9,11H2,1-3H3. The van der Waals surface area contributed by atoms with Crippen molar-refractivity contribution >= 4 is 21.7 Å². The van der Waals surface area contributed by atoms with Crippen molar-refractivity contribution in [1.82, 2.24) is 10.2 Å². The van der Waals surface area contributed by atoms with Gasteiger partial charge in [0.2, 0.25) is 0 Å². The average molecular weight is 355 g/mol. The van der Waals surface area contributed by atoms with Gasteiger partial charge in [-0.05, 0) is 32.0 Å². The molecule has 1 heterocycles. The number of hydrogen-bond donors (Lipinski definition) is 1. The molecule has 1 aliphatic heterocycles. The number of ketones is 1. The summed E-state index contributed by atoms with van der Waals surface area (Å²) in [5.41, 5.74) is 0.482. The largest absolute Gasteiger partial charge is 0.496 e. The lowest BCUT2D eigenvalue weighted by Crippen LogP contribution is -2.57. The molecule has 0 saturated carbocycles. The summed E-state index contributed by atoms with van der Waals surface area (Å²) in [6, 6.07) is 5.78. The van der Waals surface area contributed by atoms with Gasteiger partial charge in [0.05, 0.1) is 12.6 Å². The Hall–Kier alpha value is -0.910. The summed E-state index contributed by atoms with van der Waals surface area (Å²) in [5, 5.41) is 3.32. The number of rotatable bonds is 5. The Morgan fingerprint density at radius 3 is 2.67 bits per heavy atom. The fourth-order valence-electron chi connectivity index (χ4n) is 2.67. The third-order valence-electron chi connectivity index (χ3n) is 4.18. The van der Waals surface area contributed by atoms with Crippen molar-refractivity contribution in [3.05, 3.63) is 28.2 Å². The molecule has 2 rings (SSSR count). The van der Waals surface area contributed by atoms with E-state index in [1.807, 2.05) is 32.0 Å². The highest BCUT2D eigenvalue weighted by Gasteiger charge is 2.35. The summed E-state index contributed by atoms with van der Waals surface area (Å²) in [7, 11) is 1.64. The number of piperazine rings is 1. The number of nitrogens with zero attached hydrogens (tertiary/aromatic N) is 1. The number of ether oxygens (including phenoxy) is 1. The predicted octanol–water partition coefficient (Wildman–Crippen LogP) is 2.25. The molecule has 0 spiro atoms. The molecule has 5 heteroatoms. The summed E-state index contributed by atoms with van der Waals surface area (Å²) >= 11 is 3.46. The first-order valence-corrected chi connectivity index (χ1v) is 8.06. The molecule has 0 aromatic heterocycles. The first-order chi connectivity index (χ1) is 9.95. The molecule has 21 heavy (non-hydrogen) atoms. The third-order valence-corrected chi connectivity index (χ3v) is 4.68. The van der Waals surface area contributed by atoms with Crippen LogP contribution in [0.25, 0.3) is 0 Å². The van der Waals surface area contributed by atoms with E-state index in [0.717, 1.165) is 42.0 Å². The minimum Gasteiger partial charge on any atom is -0.496 e. The second kappa shape index (κ2) is 6.90. The minimum absolute atomic E-state index is 0.223. The lowest BCUT2D eigenvalue weighted by atomic mass is 9.91. The van der Waals surface area contributed by atoms with Crippen LogP contribution in [0.5, 0.6) is 5.75 Å². The van der Waals surface area contributed by atoms with Crippen LogP contribution in [0.15, 0.2) is 22.7 Å². The van der Waals surface area contributed by atoms with Gasteiger partial charge in [0.25, 0.3) is 0 Å². The van der Waals surface area contributed by atoms with Gasteiger partial charge >= 0.3 is 0 Å². The number of methoxy groups -OCH3 is 1. The summed E-state index contributed by atoms with van der Waals surface area (Å²) in [6.45, 7) is 7.74. The summed E-state index contributed by atoms with van der Waals surface area (Å²) in [4.78, 5) is 15.0. The number of carbonyl (C=O) groups is 1. The Morgan fingerprint density at radius 1 is 1.38 bits per heavy atom. The van der Waals surface area contributed by atoms with Crippen molar-refractivity contribution in [3.8, 4) is 5.75 Å². The second-order valence-electron chi connectivity index (χ2n) is 5.85. The zero-order valence-electron chi connectivity index (χ0n) is 12.9. The van der Waals surface area contributed by atoms with Gasteiger partial charge in [0.1, 0.15) is 5.75 Å². The van der Waals surface area contributed by atoms with E-state index in [2.05, 4.69) is 26.1 Å². The van der Waals surface area contributed by atoms with Crippen molar-refractivity contribution in [2.24, 2.45) is 0 Å². The van der Waals surface area contributed by atoms with E-state index in [9.17, 15) is 4.79 Å². The van der Waals surface area contributed by atoms with E-state index in [4.69, 9.17) is 4.74 Å². The maximum absolute atomic E-state index is 12.8. The average Bonchev–Trinajstić information content (AvgIpc) is 2.48. The highest BCUT2D eigenvalue weighted by molar-refractivity contribution is 9.10. The highest BCUT2D eigenvalue weighted by atomic mass is 79.9. The van der Waals surface area contributed by atoms with Crippen molar-refractivity contribution in [3.63, 3.8) is 0 Å². The maximum Gasteiger partial charge on any atom is 0.157 e. The number of halogens is 1. The molecule has 0 amide bonds. The molecular weight excluding hydrogens is 332 g/mol. The van der Waals surface area contributed by atoms with Crippen LogP contribution in [0, 0.1) is 0 Å². The lowest BCUT2D eigenvalue weighted by Gasteiger charge is -2.40. The van der Waals surface area contributed by atoms with Gasteiger partial charge in [-0.2, -0.15) is 0 Å². The molecule has 0 aliphatic carbocycles. The Kier molecular flexibility index (Phi) is 5.41. The number of nitrogens with one attached hydrogen (secondary N) is 1. The fraction of sp³-hybridized carbons (Fsp3) is 0.562. The van der Waals surface area contributed by atoms with Crippen LogP contribution in [0.2, 0.25) is 0 Å². The fourth-order valence-corrected chi connectivity index (χ4v) is 3.08. The quantitative estimate of drug-likeness (QED) is 0.880. The summed E-state index contributed by atoms with van der Waals surface area (Å²) < 4.78 is 6.33. The van der Waals surface area contributed by atoms with Crippen LogP contribution in [-0.4, -0.2) is 49.5 Å². The molecule has 0 radical (unpaired) electrons. The van der Waals surface area contributed by atoms with Crippen LogP contribution in [-0.2, 0) is 11.2 Å². The van der Waals surface area contributed by atoms with Gasteiger partial charge in [-0.1, -0.05) is 15.9 Å². The van der Waals surface area contributed by atoms with Gasteiger partial charge in [-0.25, -0.2) is 0 Å². The third kappa shape index (κ3) is 3.84. The van der Waals surface area contributed by atoms with E-state index in [1.165, 1.54) is 0 Å². The Labute approximate surface area is 135 Å². The molecule has 0 unspecified atom stereocenters. The van der Waals surface area contributed by atoms with Crippen LogP contribution in [0.1, 0.15) is 19.4 Å². The zero-order chi connectivity index (χ0) is 15.5. The van der Waals surface area contributed by atoms with Crippen molar-refractivity contribution < 1.29 is 9.53 Å². The molecule has 0 atom stereocenters. The van der Waals surface area contributed by atoms with Gasteiger partial charge in [-0.3, -0.25) is 9.69 Å². The lowest BCUT2D eigenvalue weighted by molar-refractivity contribution is -0.129.